The largest absolute Gasteiger partial charge is 0.497 e. The minimum absolute atomic E-state index is 0.0952. The van der Waals surface area contributed by atoms with Crippen molar-refractivity contribution < 1.29 is 9.13 Å². The monoisotopic (exact) mass is 286 g/mol. The molecule has 1 aliphatic heterocycles. The lowest BCUT2D eigenvalue weighted by molar-refractivity contribution is 0.414. The predicted molar refractivity (Wildman–Crippen MR) is 82.1 cm³/mol. The fourth-order valence-corrected chi connectivity index (χ4v) is 2.74. The highest BCUT2D eigenvalue weighted by atomic mass is 19.1. The molecular formula is C17H19FN2O. The van der Waals surface area contributed by atoms with Gasteiger partial charge in [0.2, 0.25) is 0 Å². The Kier molecular flexibility index (Phi) is 4.06. The second kappa shape index (κ2) is 6.14. The summed E-state index contributed by atoms with van der Waals surface area (Å²) >= 11 is 0. The third-order valence-corrected chi connectivity index (χ3v) is 3.86. The van der Waals surface area contributed by atoms with E-state index in [4.69, 9.17) is 4.74 Å². The van der Waals surface area contributed by atoms with Crippen molar-refractivity contribution in [3.05, 3.63) is 59.4 Å². The van der Waals surface area contributed by atoms with Crippen LogP contribution in [0.2, 0.25) is 0 Å². The average molecular weight is 286 g/mol. The van der Waals surface area contributed by atoms with E-state index in [1.54, 1.807) is 19.2 Å². The van der Waals surface area contributed by atoms with Crippen LogP contribution in [0.4, 0.5) is 10.1 Å². The maximum Gasteiger partial charge on any atom is 0.146 e. The zero-order valence-corrected chi connectivity index (χ0v) is 12.0. The van der Waals surface area contributed by atoms with Gasteiger partial charge in [0.15, 0.2) is 0 Å². The topological polar surface area (TPSA) is 33.3 Å². The Morgan fingerprint density at radius 3 is 2.95 bits per heavy atom. The molecule has 0 amide bonds. The molecule has 0 aromatic heterocycles. The molecule has 0 saturated carbocycles. The molecule has 110 valence electrons. The first kappa shape index (κ1) is 13.9. The molecule has 1 heterocycles. The molecule has 4 heteroatoms. The van der Waals surface area contributed by atoms with Crippen LogP contribution in [0.5, 0.6) is 5.75 Å². The second-order valence-corrected chi connectivity index (χ2v) is 5.21. The highest BCUT2D eigenvalue weighted by molar-refractivity contribution is 5.52. The Hall–Kier alpha value is -2.07. The summed E-state index contributed by atoms with van der Waals surface area (Å²) in [7, 11) is 1.59. The van der Waals surface area contributed by atoms with Gasteiger partial charge in [0, 0.05) is 12.6 Å². The Labute approximate surface area is 124 Å². The zero-order chi connectivity index (χ0) is 14.7. The molecule has 2 aromatic rings. The quantitative estimate of drug-likeness (QED) is 0.906. The van der Waals surface area contributed by atoms with Crippen molar-refractivity contribution in [2.75, 3.05) is 19.0 Å². The predicted octanol–water partition coefficient (Wildman–Crippen LogP) is 3.48. The van der Waals surface area contributed by atoms with Gasteiger partial charge in [-0.3, -0.25) is 0 Å². The Balaban J connectivity index is 1.91. The van der Waals surface area contributed by atoms with E-state index < -0.39 is 0 Å². The third kappa shape index (κ3) is 3.00. The van der Waals surface area contributed by atoms with Gasteiger partial charge in [0.25, 0.3) is 0 Å². The van der Waals surface area contributed by atoms with Crippen molar-refractivity contribution in [2.45, 2.75) is 19.0 Å². The van der Waals surface area contributed by atoms with Gasteiger partial charge < -0.3 is 15.4 Å². The molecule has 3 rings (SSSR count). The van der Waals surface area contributed by atoms with Crippen molar-refractivity contribution in [1.82, 2.24) is 5.32 Å². The standard InChI is InChI=1S/C17H19FN2O/c1-21-13-6-7-15(18)17(10-13)20-16-8-9-19-11-12-4-2-3-5-14(12)16/h2-7,10,16,19-20H,8-9,11H2,1H3. The molecule has 0 bridgehead atoms. The first-order valence-corrected chi connectivity index (χ1v) is 7.16. The maximum atomic E-state index is 14.0. The van der Waals surface area contributed by atoms with Crippen LogP contribution < -0.4 is 15.4 Å². The fraction of sp³-hybridized carbons (Fsp3) is 0.294. The number of hydrogen-bond donors (Lipinski definition) is 2. The number of hydrogen-bond acceptors (Lipinski definition) is 3. The van der Waals surface area contributed by atoms with Crippen LogP contribution >= 0.6 is 0 Å². The second-order valence-electron chi connectivity index (χ2n) is 5.21. The minimum Gasteiger partial charge on any atom is -0.497 e. The normalized spacial score (nSPS) is 17.7. The summed E-state index contributed by atoms with van der Waals surface area (Å²) in [5.41, 5.74) is 2.97. The molecule has 3 nitrogen and oxygen atoms in total. The number of ether oxygens (including phenoxy) is 1. The van der Waals surface area contributed by atoms with Gasteiger partial charge in [-0.15, -0.1) is 0 Å². The smallest absolute Gasteiger partial charge is 0.146 e. The maximum absolute atomic E-state index is 14.0. The van der Waals surface area contributed by atoms with Gasteiger partial charge in [-0.2, -0.15) is 0 Å². The number of rotatable bonds is 3. The Morgan fingerprint density at radius 1 is 1.24 bits per heavy atom. The van der Waals surface area contributed by atoms with Crippen LogP contribution in [0, 0.1) is 5.82 Å². The number of benzene rings is 2. The first-order valence-electron chi connectivity index (χ1n) is 7.16. The van der Waals surface area contributed by atoms with Gasteiger partial charge in [-0.1, -0.05) is 24.3 Å². The molecule has 0 aliphatic carbocycles. The van der Waals surface area contributed by atoms with E-state index in [0.29, 0.717) is 11.4 Å². The Bertz CT molecular complexity index is 630. The van der Waals surface area contributed by atoms with E-state index >= 15 is 0 Å². The van der Waals surface area contributed by atoms with E-state index in [2.05, 4.69) is 22.8 Å². The number of anilines is 1. The molecule has 1 atom stereocenters. The summed E-state index contributed by atoms with van der Waals surface area (Å²) in [6, 6.07) is 13.2. The summed E-state index contributed by atoms with van der Waals surface area (Å²) in [6.07, 6.45) is 0.910. The summed E-state index contributed by atoms with van der Waals surface area (Å²) < 4.78 is 19.2. The molecule has 1 aliphatic rings. The van der Waals surface area contributed by atoms with Crippen LogP contribution in [0.25, 0.3) is 0 Å². The van der Waals surface area contributed by atoms with E-state index in [9.17, 15) is 4.39 Å². The zero-order valence-electron chi connectivity index (χ0n) is 12.0. The van der Waals surface area contributed by atoms with E-state index in [0.717, 1.165) is 19.5 Å². The molecule has 0 radical (unpaired) electrons. The van der Waals surface area contributed by atoms with Gasteiger partial charge in [0.1, 0.15) is 11.6 Å². The lowest BCUT2D eigenvalue weighted by atomic mass is 9.99. The van der Waals surface area contributed by atoms with Gasteiger partial charge in [-0.05, 0) is 36.2 Å². The van der Waals surface area contributed by atoms with Crippen LogP contribution in [0.1, 0.15) is 23.6 Å². The van der Waals surface area contributed by atoms with Crippen molar-refractivity contribution in [3.63, 3.8) is 0 Å². The van der Waals surface area contributed by atoms with Crippen LogP contribution in [-0.2, 0) is 6.54 Å². The fourth-order valence-electron chi connectivity index (χ4n) is 2.74. The Morgan fingerprint density at radius 2 is 2.10 bits per heavy atom. The van der Waals surface area contributed by atoms with Crippen LogP contribution in [0.3, 0.4) is 0 Å². The molecule has 1 unspecified atom stereocenters. The molecule has 2 aromatic carbocycles. The van der Waals surface area contributed by atoms with Crippen molar-refractivity contribution >= 4 is 5.69 Å². The minimum atomic E-state index is -0.259. The highest BCUT2D eigenvalue weighted by Gasteiger charge is 2.19. The van der Waals surface area contributed by atoms with E-state index in [-0.39, 0.29) is 11.9 Å². The molecule has 21 heavy (non-hydrogen) atoms. The van der Waals surface area contributed by atoms with Gasteiger partial charge in [0.05, 0.1) is 18.8 Å². The average Bonchev–Trinajstić information content (AvgIpc) is 2.72. The number of fused-ring (bicyclic) bond motifs is 1. The van der Waals surface area contributed by atoms with Gasteiger partial charge in [-0.25, -0.2) is 4.39 Å². The number of halogens is 1. The van der Waals surface area contributed by atoms with Crippen LogP contribution in [0.15, 0.2) is 42.5 Å². The summed E-state index contributed by atoms with van der Waals surface area (Å²) in [5.74, 6) is 0.393. The lowest BCUT2D eigenvalue weighted by Gasteiger charge is -2.21. The van der Waals surface area contributed by atoms with E-state index in [1.807, 2.05) is 12.1 Å². The number of methoxy groups -OCH3 is 1. The van der Waals surface area contributed by atoms with Crippen LogP contribution in [-0.4, -0.2) is 13.7 Å². The van der Waals surface area contributed by atoms with Crippen molar-refractivity contribution in [3.8, 4) is 5.75 Å². The lowest BCUT2D eigenvalue weighted by Crippen LogP contribution is -2.15. The number of nitrogens with one attached hydrogen (secondary N) is 2. The van der Waals surface area contributed by atoms with E-state index in [1.165, 1.54) is 17.2 Å². The summed E-state index contributed by atoms with van der Waals surface area (Å²) in [6.45, 7) is 1.76. The van der Waals surface area contributed by atoms with Crippen molar-refractivity contribution in [2.24, 2.45) is 0 Å². The van der Waals surface area contributed by atoms with Crippen molar-refractivity contribution in [1.29, 1.82) is 0 Å². The third-order valence-electron chi connectivity index (χ3n) is 3.86. The molecule has 0 spiro atoms. The summed E-state index contributed by atoms with van der Waals surface area (Å²) in [4.78, 5) is 0. The summed E-state index contributed by atoms with van der Waals surface area (Å²) in [5, 5.41) is 6.72. The first-order chi connectivity index (χ1) is 10.3. The van der Waals surface area contributed by atoms with Gasteiger partial charge >= 0.3 is 0 Å². The molecule has 2 N–H and O–H groups in total. The SMILES string of the molecule is COc1ccc(F)c(NC2CCNCc3ccccc32)c1. The molecule has 0 fully saturated rings. The highest BCUT2D eigenvalue weighted by Crippen LogP contribution is 2.30. The molecule has 0 saturated heterocycles. The molecular weight excluding hydrogens is 267 g/mol.